The zero-order valence-corrected chi connectivity index (χ0v) is 12.3. The number of benzene rings is 1. The van der Waals surface area contributed by atoms with Crippen LogP contribution in [0.3, 0.4) is 0 Å². The molecule has 2 N–H and O–H groups in total. The lowest BCUT2D eigenvalue weighted by Crippen LogP contribution is -2.51. The van der Waals surface area contributed by atoms with Crippen molar-refractivity contribution in [2.24, 2.45) is 0 Å². The molecule has 3 rings (SSSR count). The molecule has 1 aromatic rings. The van der Waals surface area contributed by atoms with Crippen LogP contribution in [0.5, 0.6) is 11.5 Å². The van der Waals surface area contributed by atoms with Crippen molar-refractivity contribution in [2.45, 2.75) is 0 Å². The monoisotopic (exact) mass is 354 g/mol. The van der Waals surface area contributed by atoms with Crippen molar-refractivity contribution in [2.75, 3.05) is 6.79 Å². The fourth-order valence-corrected chi connectivity index (χ4v) is 2.43. The quantitative estimate of drug-likeness (QED) is 0.448. The first kappa shape index (κ1) is 13.1. The third kappa shape index (κ3) is 2.27. The maximum absolute atomic E-state index is 11.8. The number of rotatable bonds is 1. The molecular formula is C12H7BrN2O4S. The number of fused-ring (bicyclic) bond motifs is 1. The first-order valence-corrected chi connectivity index (χ1v) is 6.72. The van der Waals surface area contributed by atoms with Crippen LogP contribution in [0.15, 0.2) is 22.2 Å². The second-order valence-electron chi connectivity index (χ2n) is 4.02. The summed E-state index contributed by atoms with van der Waals surface area (Å²) in [7, 11) is 0. The molecule has 0 saturated carbocycles. The van der Waals surface area contributed by atoms with Gasteiger partial charge in [-0.05, 0) is 36.0 Å². The van der Waals surface area contributed by atoms with Crippen LogP contribution >= 0.6 is 28.1 Å². The fourth-order valence-electron chi connectivity index (χ4n) is 1.81. The van der Waals surface area contributed by atoms with Gasteiger partial charge >= 0.3 is 0 Å². The summed E-state index contributed by atoms with van der Waals surface area (Å²) in [5, 5.41) is 4.75. The summed E-state index contributed by atoms with van der Waals surface area (Å²) in [6.45, 7) is 0.150. The van der Waals surface area contributed by atoms with E-state index >= 15 is 0 Å². The van der Waals surface area contributed by atoms with Gasteiger partial charge in [0.1, 0.15) is 5.57 Å². The summed E-state index contributed by atoms with van der Waals surface area (Å²) in [5.41, 5.74) is 0.598. The largest absolute Gasteiger partial charge is 0.454 e. The average Bonchev–Trinajstić information content (AvgIpc) is 2.80. The standard InChI is InChI=1S/C12H7BrN2O4S/c13-7-3-9-8(18-4-19-9)2-5(7)1-6-10(16)14-12(20)15-11(6)17/h1-3H,4H2,(H2,14,15,16,17,20). The Kier molecular flexibility index (Phi) is 3.19. The van der Waals surface area contributed by atoms with Crippen molar-refractivity contribution in [3.63, 3.8) is 0 Å². The van der Waals surface area contributed by atoms with Gasteiger partial charge in [0.25, 0.3) is 11.8 Å². The van der Waals surface area contributed by atoms with Crippen LogP contribution in [-0.4, -0.2) is 23.7 Å². The van der Waals surface area contributed by atoms with E-state index in [1.54, 1.807) is 12.1 Å². The maximum atomic E-state index is 11.8. The molecule has 8 heteroatoms. The van der Waals surface area contributed by atoms with Gasteiger partial charge in [-0.3, -0.25) is 20.2 Å². The number of amides is 2. The van der Waals surface area contributed by atoms with Crippen LogP contribution in [-0.2, 0) is 9.59 Å². The van der Waals surface area contributed by atoms with Gasteiger partial charge in [-0.1, -0.05) is 15.9 Å². The molecule has 0 unspecified atom stereocenters. The number of thiocarbonyl (C=S) groups is 1. The van der Waals surface area contributed by atoms with E-state index in [0.717, 1.165) is 0 Å². The Morgan fingerprint density at radius 2 is 1.75 bits per heavy atom. The highest BCUT2D eigenvalue weighted by Crippen LogP contribution is 2.37. The SMILES string of the molecule is O=C1NC(=S)NC(=O)C1=Cc1cc2c(cc1Br)OCO2. The number of hydrogen-bond acceptors (Lipinski definition) is 5. The molecule has 102 valence electrons. The summed E-state index contributed by atoms with van der Waals surface area (Å²) < 4.78 is 11.2. The molecule has 1 saturated heterocycles. The highest BCUT2D eigenvalue weighted by Gasteiger charge is 2.26. The van der Waals surface area contributed by atoms with Crippen molar-refractivity contribution < 1.29 is 19.1 Å². The van der Waals surface area contributed by atoms with Gasteiger partial charge in [0.2, 0.25) is 6.79 Å². The third-order valence-corrected chi connectivity index (χ3v) is 3.63. The number of hydrogen-bond donors (Lipinski definition) is 2. The van der Waals surface area contributed by atoms with E-state index in [-0.39, 0.29) is 17.5 Å². The third-order valence-electron chi connectivity index (χ3n) is 2.74. The topological polar surface area (TPSA) is 76.7 Å². The molecule has 6 nitrogen and oxygen atoms in total. The molecule has 2 amide bonds. The van der Waals surface area contributed by atoms with E-state index in [2.05, 4.69) is 26.6 Å². The molecule has 1 aromatic carbocycles. The van der Waals surface area contributed by atoms with Crippen molar-refractivity contribution in [1.82, 2.24) is 10.6 Å². The van der Waals surface area contributed by atoms with Crippen molar-refractivity contribution >= 4 is 51.2 Å². The molecule has 0 radical (unpaired) electrons. The van der Waals surface area contributed by atoms with Crippen LogP contribution in [0.1, 0.15) is 5.56 Å². The highest BCUT2D eigenvalue weighted by atomic mass is 79.9. The van der Waals surface area contributed by atoms with E-state index in [1.165, 1.54) is 6.08 Å². The average molecular weight is 355 g/mol. The zero-order valence-electron chi connectivity index (χ0n) is 9.86. The van der Waals surface area contributed by atoms with Crippen LogP contribution in [0.2, 0.25) is 0 Å². The molecule has 1 fully saturated rings. The summed E-state index contributed by atoms with van der Waals surface area (Å²) >= 11 is 8.09. The van der Waals surface area contributed by atoms with E-state index in [4.69, 9.17) is 21.7 Å². The van der Waals surface area contributed by atoms with Crippen LogP contribution in [0, 0.1) is 0 Å². The van der Waals surface area contributed by atoms with Crippen LogP contribution < -0.4 is 20.1 Å². The Labute approximate surface area is 127 Å². The lowest BCUT2D eigenvalue weighted by molar-refractivity contribution is -0.123. The fraction of sp³-hybridized carbons (Fsp3) is 0.0833. The lowest BCUT2D eigenvalue weighted by atomic mass is 10.1. The normalized spacial score (nSPS) is 16.9. The molecule has 0 aromatic heterocycles. The smallest absolute Gasteiger partial charge is 0.263 e. The number of nitrogens with one attached hydrogen (secondary N) is 2. The van der Waals surface area contributed by atoms with Gasteiger partial charge in [0.15, 0.2) is 16.6 Å². The van der Waals surface area contributed by atoms with E-state index in [9.17, 15) is 9.59 Å². The van der Waals surface area contributed by atoms with E-state index < -0.39 is 11.8 Å². The van der Waals surface area contributed by atoms with Gasteiger partial charge in [-0.2, -0.15) is 0 Å². The first-order valence-electron chi connectivity index (χ1n) is 5.52. The van der Waals surface area contributed by atoms with Crippen LogP contribution in [0.25, 0.3) is 6.08 Å². The lowest BCUT2D eigenvalue weighted by Gasteiger charge is -2.16. The van der Waals surface area contributed by atoms with Crippen LogP contribution in [0.4, 0.5) is 0 Å². The molecule has 2 aliphatic heterocycles. The number of carbonyl (C=O) groups is 2. The molecule has 20 heavy (non-hydrogen) atoms. The minimum absolute atomic E-state index is 0.00176. The van der Waals surface area contributed by atoms with Gasteiger partial charge in [-0.15, -0.1) is 0 Å². The second kappa shape index (κ2) is 4.88. The van der Waals surface area contributed by atoms with Gasteiger partial charge in [-0.25, -0.2) is 0 Å². The Morgan fingerprint density at radius 3 is 2.40 bits per heavy atom. The predicted octanol–water partition coefficient (Wildman–Crippen LogP) is 1.09. The molecule has 0 aliphatic carbocycles. The maximum Gasteiger partial charge on any atom is 0.263 e. The molecule has 2 heterocycles. The van der Waals surface area contributed by atoms with Crippen molar-refractivity contribution in [1.29, 1.82) is 0 Å². The Balaban J connectivity index is 2.01. The summed E-state index contributed by atoms with van der Waals surface area (Å²) in [6, 6.07) is 3.41. The number of carbonyl (C=O) groups excluding carboxylic acids is 2. The van der Waals surface area contributed by atoms with E-state index in [0.29, 0.717) is 21.5 Å². The minimum Gasteiger partial charge on any atom is -0.454 e. The van der Waals surface area contributed by atoms with Gasteiger partial charge < -0.3 is 9.47 Å². The second-order valence-corrected chi connectivity index (χ2v) is 5.28. The molecule has 0 spiro atoms. The molecule has 2 aliphatic rings. The van der Waals surface area contributed by atoms with Crippen molar-refractivity contribution in [3.05, 3.63) is 27.7 Å². The summed E-state index contributed by atoms with van der Waals surface area (Å²) in [5.74, 6) is 0.0941. The number of ether oxygens (including phenoxy) is 2. The molecular weight excluding hydrogens is 348 g/mol. The van der Waals surface area contributed by atoms with Crippen molar-refractivity contribution in [3.8, 4) is 11.5 Å². The minimum atomic E-state index is -0.539. The predicted molar refractivity (Wildman–Crippen MR) is 77.1 cm³/mol. The highest BCUT2D eigenvalue weighted by molar-refractivity contribution is 9.10. The molecule has 0 atom stereocenters. The van der Waals surface area contributed by atoms with Gasteiger partial charge in [0.05, 0.1) is 0 Å². The Hall–Kier alpha value is -1.93. The zero-order chi connectivity index (χ0) is 14.3. The molecule has 0 bridgehead atoms. The Morgan fingerprint density at radius 1 is 1.15 bits per heavy atom. The van der Waals surface area contributed by atoms with E-state index in [1.807, 2.05) is 0 Å². The summed E-state index contributed by atoms with van der Waals surface area (Å²) in [6.07, 6.45) is 1.46. The van der Waals surface area contributed by atoms with Gasteiger partial charge in [0, 0.05) is 4.47 Å². The first-order chi connectivity index (χ1) is 9.54. The summed E-state index contributed by atoms with van der Waals surface area (Å²) in [4.78, 5) is 23.5. The Bertz CT molecular complexity index is 664. The number of halogens is 1.